The van der Waals surface area contributed by atoms with Gasteiger partial charge < -0.3 is 4.98 Å². The molecule has 1 aromatic rings. The van der Waals surface area contributed by atoms with E-state index in [9.17, 15) is 22.8 Å². The quantitative estimate of drug-likeness (QED) is 0.678. The molecule has 0 aliphatic carbocycles. The van der Waals surface area contributed by atoms with Crippen molar-refractivity contribution in [2.24, 2.45) is 0 Å². The summed E-state index contributed by atoms with van der Waals surface area (Å²) in [6, 6.07) is 1.69. The summed E-state index contributed by atoms with van der Waals surface area (Å²) in [7, 11) is 0. The monoisotopic (exact) mass is 191 g/mol. The van der Waals surface area contributed by atoms with Gasteiger partial charge in [-0.25, -0.2) is 0 Å². The zero-order chi connectivity index (χ0) is 10.1. The summed E-state index contributed by atoms with van der Waals surface area (Å²) in [6.45, 7) is 0. The highest BCUT2D eigenvalue weighted by Crippen LogP contribution is 2.28. The molecule has 1 rings (SSSR count). The van der Waals surface area contributed by atoms with Crippen LogP contribution in [0.4, 0.5) is 13.2 Å². The molecule has 0 aliphatic rings. The SMILES string of the molecule is O=Cc1ccc(=O)[nH]c1C(F)(F)F. The molecule has 1 heterocycles. The maximum absolute atomic E-state index is 12.1. The van der Waals surface area contributed by atoms with E-state index in [4.69, 9.17) is 0 Å². The molecule has 0 atom stereocenters. The number of alkyl halides is 3. The maximum Gasteiger partial charge on any atom is 0.432 e. The first-order valence-corrected chi connectivity index (χ1v) is 3.21. The molecule has 0 aliphatic heterocycles. The molecule has 1 aromatic heterocycles. The highest BCUT2D eigenvalue weighted by molar-refractivity contribution is 5.76. The second-order valence-corrected chi connectivity index (χ2v) is 2.27. The molecule has 0 bridgehead atoms. The Morgan fingerprint density at radius 2 is 1.92 bits per heavy atom. The Morgan fingerprint density at radius 3 is 2.38 bits per heavy atom. The number of hydrogen-bond donors (Lipinski definition) is 1. The van der Waals surface area contributed by atoms with Crippen molar-refractivity contribution < 1.29 is 18.0 Å². The molecule has 0 amide bonds. The van der Waals surface area contributed by atoms with Gasteiger partial charge in [0.25, 0.3) is 0 Å². The van der Waals surface area contributed by atoms with Crippen molar-refractivity contribution in [2.45, 2.75) is 6.18 Å². The minimum Gasteiger partial charge on any atom is -0.318 e. The number of halogens is 3. The third kappa shape index (κ3) is 1.95. The molecular formula is C7H4F3NO2. The maximum atomic E-state index is 12.1. The normalized spacial score (nSPS) is 11.3. The third-order valence-electron chi connectivity index (χ3n) is 1.36. The van der Waals surface area contributed by atoms with E-state index in [1.807, 2.05) is 0 Å². The van der Waals surface area contributed by atoms with Crippen LogP contribution in [0.5, 0.6) is 0 Å². The van der Waals surface area contributed by atoms with E-state index >= 15 is 0 Å². The smallest absolute Gasteiger partial charge is 0.318 e. The van der Waals surface area contributed by atoms with Gasteiger partial charge in [-0.3, -0.25) is 9.59 Å². The van der Waals surface area contributed by atoms with Gasteiger partial charge in [-0.1, -0.05) is 0 Å². The number of carbonyl (C=O) groups excluding carboxylic acids is 1. The summed E-state index contributed by atoms with van der Waals surface area (Å²) in [5, 5.41) is 0. The lowest BCUT2D eigenvalue weighted by Gasteiger charge is -2.07. The summed E-state index contributed by atoms with van der Waals surface area (Å²) < 4.78 is 36.3. The standard InChI is InChI=1S/C7H4F3NO2/c8-7(9,10)6-4(3-12)1-2-5(13)11-6/h1-3H,(H,11,13). The van der Waals surface area contributed by atoms with Crippen LogP contribution in [0.1, 0.15) is 16.1 Å². The van der Waals surface area contributed by atoms with Crippen molar-refractivity contribution >= 4 is 6.29 Å². The highest BCUT2D eigenvalue weighted by Gasteiger charge is 2.34. The first-order valence-electron chi connectivity index (χ1n) is 3.21. The Morgan fingerprint density at radius 1 is 1.31 bits per heavy atom. The molecule has 3 nitrogen and oxygen atoms in total. The largest absolute Gasteiger partial charge is 0.432 e. The molecule has 70 valence electrons. The van der Waals surface area contributed by atoms with E-state index in [1.54, 1.807) is 4.98 Å². The van der Waals surface area contributed by atoms with Crippen LogP contribution in [0.2, 0.25) is 0 Å². The number of H-pyrrole nitrogens is 1. The van der Waals surface area contributed by atoms with Crippen LogP contribution in [-0.4, -0.2) is 11.3 Å². The van der Waals surface area contributed by atoms with Crippen LogP contribution in [0.15, 0.2) is 16.9 Å². The Hall–Kier alpha value is -1.59. The molecule has 0 saturated heterocycles. The molecule has 0 saturated carbocycles. The van der Waals surface area contributed by atoms with Crippen LogP contribution >= 0.6 is 0 Å². The van der Waals surface area contributed by atoms with Crippen molar-refractivity contribution in [3.63, 3.8) is 0 Å². The lowest BCUT2D eigenvalue weighted by molar-refractivity contribution is -0.141. The molecule has 0 unspecified atom stereocenters. The van der Waals surface area contributed by atoms with Gasteiger partial charge in [-0.05, 0) is 6.07 Å². The van der Waals surface area contributed by atoms with E-state index in [-0.39, 0.29) is 6.29 Å². The molecule has 0 spiro atoms. The molecule has 6 heteroatoms. The fraction of sp³-hybridized carbons (Fsp3) is 0.143. The number of aldehydes is 1. The van der Waals surface area contributed by atoms with Crippen LogP contribution in [0, 0.1) is 0 Å². The fourth-order valence-electron chi connectivity index (χ4n) is 0.819. The predicted octanol–water partition coefficient (Wildman–Crippen LogP) is 1.21. The summed E-state index contributed by atoms with van der Waals surface area (Å²) in [6.07, 6.45) is -4.67. The van der Waals surface area contributed by atoms with Crippen molar-refractivity contribution in [2.75, 3.05) is 0 Å². The average Bonchev–Trinajstić information content (AvgIpc) is 2.03. The number of rotatable bonds is 1. The van der Waals surface area contributed by atoms with Crippen molar-refractivity contribution in [3.05, 3.63) is 33.7 Å². The van der Waals surface area contributed by atoms with Crippen LogP contribution in [0.3, 0.4) is 0 Å². The van der Waals surface area contributed by atoms with Gasteiger partial charge in [-0.2, -0.15) is 13.2 Å². The minimum absolute atomic E-state index is 0.0404. The Balaban J connectivity index is 3.41. The highest BCUT2D eigenvalue weighted by atomic mass is 19.4. The topological polar surface area (TPSA) is 49.9 Å². The van der Waals surface area contributed by atoms with E-state index in [1.165, 1.54) is 0 Å². The van der Waals surface area contributed by atoms with E-state index < -0.39 is 23.0 Å². The molecule has 13 heavy (non-hydrogen) atoms. The summed E-state index contributed by atoms with van der Waals surface area (Å²) >= 11 is 0. The van der Waals surface area contributed by atoms with Gasteiger partial charge in [-0.15, -0.1) is 0 Å². The predicted molar refractivity (Wildman–Crippen MR) is 37.5 cm³/mol. The van der Waals surface area contributed by atoms with Gasteiger partial charge in [0.05, 0.1) is 0 Å². The van der Waals surface area contributed by atoms with Gasteiger partial charge in [0, 0.05) is 11.6 Å². The molecule has 0 radical (unpaired) electrons. The third-order valence-corrected chi connectivity index (χ3v) is 1.36. The van der Waals surface area contributed by atoms with Gasteiger partial charge in [0.1, 0.15) is 5.69 Å². The van der Waals surface area contributed by atoms with Crippen LogP contribution in [-0.2, 0) is 6.18 Å². The van der Waals surface area contributed by atoms with Crippen LogP contribution in [0.25, 0.3) is 0 Å². The summed E-state index contributed by atoms with van der Waals surface area (Å²) in [4.78, 5) is 22.3. The van der Waals surface area contributed by atoms with E-state index in [0.29, 0.717) is 0 Å². The number of carbonyl (C=O) groups is 1. The summed E-state index contributed by atoms with van der Waals surface area (Å²) in [5.41, 5.74) is -2.78. The zero-order valence-corrected chi connectivity index (χ0v) is 6.18. The van der Waals surface area contributed by atoms with E-state index in [2.05, 4.69) is 0 Å². The second-order valence-electron chi connectivity index (χ2n) is 2.27. The molecular weight excluding hydrogens is 187 g/mol. The molecule has 0 aromatic carbocycles. The Labute approximate surface area is 70.2 Å². The first kappa shape index (κ1) is 9.50. The lowest BCUT2D eigenvalue weighted by Crippen LogP contribution is -2.18. The first-order chi connectivity index (χ1) is 5.95. The zero-order valence-electron chi connectivity index (χ0n) is 6.18. The molecule has 0 fully saturated rings. The number of nitrogens with one attached hydrogen (secondary N) is 1. The Bertz CT molecular complexity index is 380. The molecule has 1 N–H and O–H groups in total. The van der Waals surface area contributed by atoms with Gasteiger partial charge >= 0.3 is 6.18 Å². The lowest BCUT2D eigenvalue weighted by atomic mass is 10.2. The summed E-state index contributed by atoms with van der Waals surface area (Å²) in [5.74, 6) is 0. The van der Waals surface area contributed by atoms with Crippen molar-refractivity contribution in [1.29, 1.82) is 0 Å². The number of aromatic nitrogens is 1. The fourth-order valence-corrected chi connectivity index (χ4v) is 0.819. The van der Waals surface area contributed by atoms with Gasteiger partial charge in [0.2, 0.25) is 5.56 Å². The average molecular weight is 191 g/mol. The van der Waals surface area contributed by atoms with Crippen LogP contribution < -0.4 is 5.56 Å². The second kappa shape index (κ2) is 3.04. The van der Waals surface area contributed by atoms with Crippen molar-refractivity contribution in [3.8, 4) is 0 Å². The van der Waals surface area contributed by atoms with Crippen molar-refractivity contribution in [1.82, 2.24) is 4.98 Å². The van der Waals surface area contributed by atoms with Gasteiger partial charge in [0.15, 0.2) is 6.29 Å². The number of pyridine rings is 1. The van der Waals surface area contributed by atoms with E-state index in [0.717, 1.165) is 12.1 Å². The Kier molecular flexibility index (Phi) is 2.22. The number of aromatic amines is 1. The minimum atomic E-state index is -4.71. The number of hydrogen-bond acceptors (Lipinski definition) is 2.